The van der Waals surface area contributed by atoms with Gasteiger partial charge in [-0.15, -0.1) is 0 Å². The molecule has 1 fully saturated rings. The van der Waals surface area contributed by atoms with Gasteiger partial charge in [-0.2, -0.15) is 0 Å². The molecular weight excluding hydrogens is 387 g/mol. The van der Waals surface area contributed by atoms with Gasteiger partial charge in [-0.1, -0.05) is 23.2 Å². The highest BCUT2D eigenvalue weighted by Crippen LogP contribution is 2.24. The topological polar surface area (TPSA) is 113 Å². The highest BCUT2D eigenvalue weighted by Gasteiger charge is 2.35. The smallest absolute Gasteiger partial charge is 0.240 e. The number of aliphatic hydroxyl groups is 1. The zero-order valence-corrected chi connectivity index (χ0v) is 15.0. The van der Waals surface area contributed by atoms with Crippen LogP contribution in [0.3, 0.4) is 0 Å². The predicted octanol–water partition coefficient (Wildman–Crippen LogP) is 0.0192. The van der Waals surface area contributed by atoms with Crippen LogP contribution in [0.4, 0.5) is 0 Å². The van der Waals surface area contributed by atoms with Crippen molar-refractivity contribution >= 4 is 43.1 Å². The molecule has 0 radical (unpaired) electrons. The Hall–Kier alpha value is -0.420. The van der Waals surface area contributed by atoms with E-state index in [-0.39, 0.29) is 39.5 Å². The van der Waals surface area contributed by atoms with Crippen molar-refractivity contribution in [3.8, 4) is 0 Å². The maximum atomic E-state index is 12.1. The lowest BCUT2D eigenvalue weighted by atomic mass is 10.2. The molecule has 130 valence electrons. The molecule has 11 heteroatoms. The monoisotopic (exact) mass is 402 g/mol. The average Bonchev–Trinajstić information content (AvgIpc) is 2.70. The van der Waals surface area contributed by atoms with Gasteiger partial charge in [0.05, 0.1) is 32.6 Å². The Morgan fingerprint density at radius 2 is 1.87 bits per heavy atom. The number of hydrogen-bond donors (Lipinski definition) is 3. The van der Waals surface area contributed by atoms with Gasteiger partial charge in [0.1, 0.15) is 0 Å². The molecule has 0 bridgehead atoms. The van der Waals surface area contributed by atoms with Crippen LogP contribution >= 0.6 is 23.2 Å². The van der Waals surface area contributed by atoms with Crippen LogP contribution in [0.5, 0.6) is 0 Å². The number of nitrogens with one attached hydrogen (secondary N) is 2. The van der Waals surface area contributed by atoms with Gasteiger partial charge in [0.2, 0.25) is 10.0 Å². The Morgan fingerprint density at radius 1 is 1.17 bits per heavy atom. The van der Waals surface area contributed by atoms with Crippen LogP contribution in [0.25, 0.3) is 0 Å². The van der Waals surface area contributed by atoms with Crippen LogP contribution in [0, 0.1) is 0 Å². The van der Waals surface area contributed by atoms with Crippen molar-refractivity contribution in [2.75, 3.05) is 24.6 Å². The Balaban J connectivity index is 1.87. The molecule has 0 aliphatic carbocycles. The van der Waals surface area contributed by atoms with E-state index in [1.165, 1.54) is 18.2 Å². The van der Waals surface area contributed by atoms with Crippen LogP contribution in [-0.2, 0) is 19.9 Å². The highest BCUT2D eigenvalue weighted by atomic mass is 35.5. The summed E-state index contributed by atoms with van der Waals surface area (Å²) in [5.74, 6) is -0.437. The van der Waals surface area contributed by atoms with E-state index in [2.05, 4.69) is 10.0 Å². The summed E-state index contributed by atoms with van der Waals surface area (Å²) in [4.78, 5) is -0.0182. The molecule has 7 nitrogen and oxygen atoms in total. The fourth-order valence-electron chi connectivity index (χ4n) is 2.19. The average molecular weight is 403 g/mol. The number of rotatable bonds is 6. The Labute approximate surface area is 145 Å². The number of sulfonamides is 1. The van der Waals surface area contributed by atoms with Crippen molar-refractivity contribution in [1.82, 2.24) is 10.0 Å². The second-order valence-corrected chi connectivity index (χ2v) is 9.91. The van der Waals surface area contributed by atoms with E-state index < -0.39 is 32.0 Å². The van der Waals surface area contributed by atoms with Crippen molar-refractivity contribution in [3.63, 3.8) is 0 Å². The zero-order chi connectivity index (χ0) is 17.3. The van der Waals surface area contributed by atoms with Gasteiger partial charge >= 0.3 is 0 Å². The third-order valence-corrected chi connectivity index (χ3v) is 7.26. The molecule has 23 heavy (non-hydrogen) atoms. The molecule has 1 aliphatic heterocycles. The first-order valence-electron chi connectivity index (χ1n) is 6.67. The molecule has 1 aliphatic rings. The Bertz CT molecular complexity index is 783. The molecule has 1 aromatic carbocycles. The molecule has 0 spiro atoms. The van der Waals surface area contributed by atoms with E-state index in [1.54, 1.807) is 0 Å². The van der Waals surface area contributed by atoms with E-state index in [1.807, 2.05) is 0 Å². The maximum Gasteiger partial charge on any atom is 0.240 e. The first-order chi connectivity index (χ1) is 10.6. The standard InChI is InChI=1S/C12H16Cl2N2O5S2/c13-9-2-1-8(5-10(9)14)23(20,21)16-4-3-15-11-6-22(18,19)7-12(11)17/h1-2,5,11-12,15-17H,3-4,6-7H2/t11-,12+/m0/s1. The maximum absolute atomic E-state index is 12.1. The third-order valence-electron chi connectivity index (χ3n) is 3.35. The van der Waals surface area contributed by atoms with E-state index in [0.29, 0.717) is 0 Å². The number of sulfone groups is 1. The van der Waals surface area contributed by atoms with Crippen LogP contribution in [0.2, 0.25) is 10.0 Å². The molecule has 0 saturated carbocycles. The molecule has 1 aromatic rings. The lowest BCUT2D eigenvalue weighted by Gasteiger charge is -2.15. The number of halogens is 2. The quantitative estimate of drug-likeness (QED) is 0.578. The second-order valence-electron chi connectivity index (χ2n) is 5.18. The number of aliphatic hydroxyl groups excluding tert-OH is 1. The molecule has 1 heterocycles. The largest absolute Gasteiger partial charge is 0.390 e. The summed E-state index contributed by atoms with van der Waals surface area (Å²) in [6, 6.07) is 3.37. The van der Waals surface area contributed by atoms with Gasteiger partial charge in [-0.05, 0) is 18.2 Å². The summed E-state index contributed by atoms with van der Waals surface area (Å²) < 4.78 is 49.2. The van der Waals surface area contributed by atoms with E-state index in [4.69, 9.17) is 23.2 Å². The Morgan fingerprint density at radius 3 is 2.43 bits per heavy atom. The molecule has 1 saturated heterocycles. The fraction of sp³-hybridized carbons (Fsp3) is 0.500. The molecule has 2 rings (SSSR count). The lowest BCUT2D eigenvalue weighted by Crippen LogP contribution is -2.42. The van der Waals surface area contributed by atoms with Crippen molar-refractivity contribution in [2.24, 2.45) is 0 Å². The summed E-state index contributed by atoms with van der Waals surface area (Å²) in [6.45, 7) is 0.212. The van der Waals surface area contributed by atoms with Gasteiger partial charge in [-0.3, -0.25) is 0 Å². The molecule has 3 N–H and O–H groups in total. The van der Waals surface area contributed by atoms with Crippen LogP contribution in [-0.4, -0.2) is 58.7 Å². The highest BCUT2D eigenvalue weighted by molar-refractivity contribution is 7.91. The van der Waals surface area contributed by atoms with Gasteiger partial charge < -0.3 is 10.4 Å². The molecule has 0 aromatic heterocycles. The van der Waals surface area contributed by atoms with Gasteiger partial charge in [0.15, 0.2) is 9.84 Å². The number of benzene rings is 1. The van der Waals surface area contributed by atoms with Gasteiger partial charge in [0.25, 0.3) is 0 Å². The van der Waals surface area contributed by atoms with Crippen LogP contribution in [0.1, 0.15) is 0 Å². The second kappa shape index (κ2) is 7.22. The van der Waals surface area contributed by atoms with Gasteiger partial charge in [-0.25, -0.2) is 21.6 Å². The summed E-state index contributed by atoms with van der Waals surface area (Å²) in [7, 11) is -6.99. The first-order valence-corrected chi connectivity index (χ1v) is 10.7. The van der Waals surface area contributed by atoms with Crippen LogP contribution in [0.15, 0.2) is 23.1 Å². The first kappa shape index (κ1) is 18.9. The predicted molar refractivity (Wildman–Crippen MR) is 88.1 cm³/mol. The minimum atomic E-state index is -3.75. The van der Waals surface area contributed by atoms with Crippen molar-refractivity contribution in [1.29, 1.82) is 0 Å². The van der Waals surface area contributed by atoms with Crippen molar-refractivity contribution < 1.29 is 21.9 Å². The molecule has 0 amide bonds. The van der Waals surface area contributed by atoms with Crippen molar-refractivity contribution in [2.45, 2.75) is 17.0 Å². The summed E-state index contributed by atoms with van der Waals surface area (Å²) in [5.41, 5.74) is 0. The third kappa shape index (κ3) is 5.02. The van der Waals surface area contributed by atoms with Crippen LogP contribution < -0.4 is 10.0 Å². The fourth-order valence-corrected chi connectivity index (χ4v) is 5.39. The summed E-state index contributed by atoms with van der Waals surface area (Å²) in [6.07, 6.45) is -0.980. The van der Waals surface area contributed by atoms with Crippen molar-refractivity contribution in [3.05, 3.63) is 28.2 Å². The summed E-state index contributed by atoms with van der Waals surface area (Å²) in [5, 5.41) is 12.8. The van der Waals surface area contributed by atoms with E-state index >= 15 is 0 Å². The molecule has 2 atom stereocenters. The lowest BCUT2D eigenvalue weighted by molar-refractivity contribution is 0.166. The zero-order valence-electron chi connectivity index (χ0n) is 11.9. The minimum absolute atomic E-state index is 0.0182. The summed E-state index contributed by atoms with van der Waals surface area (Å²) >= 11 is 11.5. The minimum Gasteiger partial charge on any atom is -0.390 e. The van der Waals surface area contributed by atoms with Gasteiger partial charge in [0, 0.05) is 19.1 Å². The van der Waals surface area contributed by atoms with E-state index in [9.17, 15) is 21.9 Å². The SMILES string of the molecule is O=S1(=O)C[C@@H](O)[C@@H](NCCNS(=O)(=O)c2ccc(Cl)c(Cl)c2)C1. The normalized spacial score (nSPS) is 24.0. The molecule has 0 unspecified atom stereocenters. The molecular formula is C12H16Cl2N2O5S2. The Kier molecular flexibility index (Phi) is 5.94. The number of hydrogen-bond acceptors (Lipinski definition) is 6. The van der Waals surface area contributed by atoms with E-state index in [0.717, 1.165) is 0 Å².